The highest BCUT2D eigenvalue weighted by atomic mass is 15.2. The fourth-order valence-corrected chi connectivity index (χ4v) is 3.46. The van der Waals surface area contributed by atoms with Crippen LogP contribution in [0, 0.1) is 6.92 Å². The van der Waals surface area contributed by atoms with Crippen molar-refractivity contribution in [3.63, 3.8) is 0 Å². The summed E-state index contributed by atoms with van der Waals surface area (Å²) in [5.74, 6) is 0. The minimum Gasteiger partial charge on any atom is -0.378 e. The van der Waals surface area contributed by atoms with E-state index in [2.05, 4.69) is 71.5 Å². The normalized spacial score (nSPS) is 17.3. The molecule has 24 heavy (non-hydrogen) atoms. The van der Waals surface area contributed by atoms with Crippen LogP contribution in [0.3, 0.4) is 0 Å². The molecule has 4 nitrogen and oxygen atoms in total. The van der Waals surface area contributed by atoms with E-state index in [9.17, 15) is 0 Å². The molecular weight excluding hydrogens is 296 g/mol. The number of nitrogens with zero attached hydrogens (tertiary/aromatic N) is 3. The van der Waals surface area contributed by atoms with Crippen molar-refractivity contribution in [1.29, 1.82) is 0 Å². The third-order valence-electron chi connectivity index (χ3n) is 4.82. The molecule has 1 saturated heterocycles. The second-order valence-electron chi connectivity index (χ2n) is 6.76. The largest absolute Gasteiger partial charge is 0.378 e. The molecule has 1 N–H and O–H groups in total. The van der Waals surface area contributed by atoms with Crippen molar-refractivity contribution < 1.29 is 0 Å². The van der Waals surface area contributed by atoms with E-state index in [0.29, 0.717) is 6.04 Å². The Bertz CT molecular complexity index is 643. The zero-order valence-electron chi connectivity index (χ0n) is 15.0. The average Bonchev–Trinajstić information content (AvgIpc) is 2.87. The SMILES string of the molecule is Cc1cnccc1C(c1ccc(N(C)C)cc1)N1CCCNCC1. The summed E-state index contributed by atoms with van der Waals surface area (Å²) in [6.07, 6.45) is 5.09. The molecule has 1 fully saturated rings. The van der Waals surface area contributed by atoms with Gasteiger partial charge < -0.3 is 10.2 Å². The zero-order valence-corrected chi connectivity index (χ0v) is 15.0. The first kappa shape index (κ1) is 16.9. The van der Waals surface area contributed by atoms with Crippen LogP contribution >= 0.6 is 0 Å². The van der Waals surface area contributed by atoms with Crippen LogP contribution in [0.2, 0.25) is 0 Å². The first-order valence-electron chi connectivity index (χ1n) is 8.79. The molecule has 1 aromatic heterocycles. The predicted octanol–water partition coefficient (Wildman–Crippen LogP) is 2.84. The Morgan fingerprint density at radius 3 is 2.58 bits per heavy atom. The van der Waals surface area contributed by atoms with Gasteiger partial charge in [-0.2, -0.15) is 0 Å². The van der Waals surface area contributed by atoms with Crippen molar-refractivity contribution in [2.45, 2.75) is 19.4 Å². The first-order chi connectivity index (χ1) is 11.7. The predicted molar refractivity (Wildman–Crippen MR) is 101 cm³/mol. The van der Waals surface area contributed by atoms with E-state index in [1.54, 1.807) is 0 Å². The molecular formula is C20H28N4. The summed E-state index contributed by atoms with van der Waals surface area (Å²) in [7, 11) is 4.17. The third-order valence-corrected chi connectivity index (χ3v) is 4.82. The van der Waals surface area contributed by atoms with Crippen LogP contribution in [0.25, 0.3) is 0 Å². The molecule has 1 aliphatic heterocycles. The molecule has 2 aromatic rings. The summed E-state index contributed by atoms with van der Waals surface area (Å²) in [6.45, 7) is 6.52. The van der Waals surface area contributed by atoms with Crippen molar-refractivity contribution >= 4 is 5.69 Å². The molecule has 0 spiro atoms. The molecule has 128 valence electrons. The lowest BCUT2D eigenvalue weighted by Gasteiger charge is -2.32. The summed E-state index contributed by atoms with van der Waals surface area (Å²) in [5, 5.41) is 3.51. The Hall–Kier alpha value is -1.91. The molecule has 2 heterocycles. The topological polar surface area (TPSA) is 31.4 Å². The maximum atomic E-state index is 4.28. The van der Waals surface area contributed by atoms with E-state index in [1.165, 1.54) is 28.8 Å². The number of nitrogens with one attached hydrogen (secondary N) is 1. The van der Waals surface area contributed by atoms with Gasteiger partial charge in [0, 0.05) is 51.8 Å². The Morgan fingerprint density at radius 2 is 1.88 bits per heavy atom. The lowest BCUT2D eigenvalue weighted by Crippen LogP contribution is -2.33. The molecule has 0 radical (unpaired) electrons. The Kier molecular flexibility index (Phi) is 5.48. The fourth-order valence-electron chi connectivity index (χ4n) is 3.46. The van der Waals surface area contributed by atoms with Crippen LogP contribution in [-0.2, 0) is 0 Å². The third kappa shape index (κ3) is 3.77. The van der Waals surface area contributed by atoms with Gasteiger partial charge in [-0.15, -0.1) is 0 Å². The van der Waals surface area contributed by atoms with Crippen LogP contribution in [0.5, 0.6) is 0 Å². The van der Waals surface area contributed by atoms with Gasteiger partial charge in [0.25, 0.3) is 0 Å². The van der Waals surface area contributed by atoms with E-state index >= 15 is 0 Å². The van der Waals surface area contributed by atoms with Gasteiger partial charge >= 0.3 is 0 Å². The number of hydrogen-bond donors (Lipinski definition) is 1. The monoisotopic (exact) mass is 324 g/mol. The van der Waals surface area contributed by atoms with Gasteiger partial charge in [0.2, 0.25) is 0 Å². The number of aryl methyl sites for hydroxylation is 1. The van der Waals surface area contributed by atoms with Gasteiger partial charge in [-0.3, -0.25) is 9.88 Å². The Morgan fingerprint density at radius 1 is 1.08 bits per heavy atom. The molecule has 0 aliphatic carbocycles. The summed E-state index contributed by atoms with van der Waals surface area (Å²) in [5.41, 5.74) is 5.22. The summed E-state index contributed by atoms with van der Waals surface area (Å²) < 4.78 is 0. The zero-order chi connectivity index (χ0) is 16.9. The van der Waals surface area contributed by atoms with Crippen LogP contribution < -0.4 is 10.2 Å². The number of hydrogen-bond acceptors (Lipinski definition) is 4. The quantitative estimate of drug-likeness (QED) is 0.937. The molecule has 4 heteroatoms. The average molecular weight is 324 g/mol. The maximum Gasteiger partial charge on any atom is 0.0605 e. The molecule has 0 bridgehead atoms. The van der Waals surface area contributed by atoms with E-state index < -0.39 is 0 Å². The van der Waals surface area contributed by atoms with E-state index in [-0.39, 0.29) is 0 Å². The molecule has 1 atom stereocenters. The van der Waals surface area contributed by atoms with E-state index in [4.69, 9.17) is 0 Å². The molecule has 1 aromatic carbocycles. The summed E-state index contributed by atoms with van der Waals surface area (Å²) in [6, 6.07) is 11.5. The summed E-state index contributed by atoms with van der Waals surface area (Å²) >= 11 is 0. The highest BCUT2D eigenvalue weighted by Crippen LogP contribution is 2.31. The minimum absolute atomic E-state index is 0.295. The molecule has 0 saturated carbocycles. The van der Waals surface area contributed by atoms with Crippen LogP contribution in [0.1, 0.15) is 29.2 Å². The number of pyridine rings is 1. The Balaban J connectivity index is 1.99. The second-order valence-corrected chi connectivity index (χ2v) is 6.76. The van der Waals surface area contributed by atoms with Crippen LogP contribution in [0.4, 0.5) is 5.69 Å². The second kappa shape index (κ2) is 7.77. The smallest absolute Gasteiger partial charge is 0.0605 e. The first-order valence-corrected chi connectivity index (χ1v) is 8.79. The maximum absolute atomic E-state index is 4.28. The molecule has 1 unspecified atom stereocenters. The fraction of sp³-hybridized carbons (Fsp3) is 0.450. The lowest BCUT2D eigenvalue weighted by molar-refractivity contribution is 0.240. The summed E-state index contributed by atoms with van der Waals surface area (Å²) in [4.78, 5) is 9.03. The number of aromatic nitrogens is 1. The van der Waals surface area contributed by atoms with Crippen molar-refractivity contribution in [1.82, 2.24) is 15.2 Å². The highest BCUT2D eigenvalue weighted by Gasteiger charge is 2.24. The lowest BCUT2D eigenvalue weighted by atomic mass is 9.94. The van der Waals surface area contributed by atoms with Gasteiger partial charge in [-0.05, 0) is 54.8 Å². The molecule has 0 amide bonds. The van der Waals surface area contributed by atoms with E-state index in [0.717, 1.165) is 26.2 Å². The molecule has 1 aliphatic rings. The van der Waals surface area contributed by atoms with Crippen molar-refractivity contribution in [3.8, 4) is 0 Å². The van der Waals surface area contributed by atoms with Gasteiger partial charge in [-0.1, -0.05) is 12.1 Å². The molecule has 3 rings (SSSR count). The van der Waals surface area contributed by atoms with Crippen molar-refractivity contribution in [3.05, 3.63) is 59.4 Å². The Labute approximate surface area is 145 Å². The van der Waals surface area contributed by atoms with Crippen LogP contribution in [0.15, 0.2) is 42.7 Å². The van der Waals surface area contributed by atoms with Crippen molar-refractivity contribution in [2.24, 2.45) is 0 Å². The highest BCUT2D eigenvalue weighted by molar-refractivity contribution is 5.48. The van der Waals surface area contributed by atoms with E-state index in [1.807, 2.05) is 12.4 Å². The van der Waals surface area contributed by atoms with Gasteiger partial charge in [0.15, 0.2) is 0 Å². The number of rotatable bonds is 4. The number of benzene rings is 1. The van der Waals surface area contributed by atoms with Crippen molar-refractivity contribution in [2.75, 3.05) is 45.2 Å². The van der Waals surface area contributed by atoms with Gasteiger partial charge in [0.1, 0.15) is 0 Å². The number of anilines is 1. The minimum atomic E-state index is 0.295. The standard InChI is InChI=1S/C20H28N4/c1-16-15-22-11-9-19(16)20(24-13-4-10-21-12-14-24)17-5-7-18(8-6-17)23(2)3/h5-9,11,15,20-21H,4,10,12-14H2,1-3H3. The van der Waals surface area contributed by atoms with Crippen LogP contribution in [-0.4, -0.2) is 50.2 Å². The van der Waals surface area contributed by atoms with Gasteiger partial charge in [0.05, 0.1) is 6.04 Å². The van der Waals surface area contributed by atoms with Gasteiger partial charge in [-0.25, -0.2) is 0 Å².